The smallest absolute Gasteiger partial charge is 0.145 e. The Labute approximate surface area is 395 Å². The van der Waals surface area contributed by atoms with Gasteiger partial charge in [0.25, 0.3) is 0 Å². The molecule has 0 amide bonds. The molecular weight excluding hydrogens is 827 g/mol. The average molecular weight is 872 g/mol. The molecule has 3 heteroatoms. The van der Waals surface area contributed by atoms with Crippen LogP contribution in [0.5, 0.6) is 0 Å². The number of anilines is 3. The number of nitrogens with zero attached hydrogens (tertiary/aromatic N) is 1. The van der Waals surface area contributed by atoms with Crippen LogP contribution in [0.25, 0.3) is 99.2 Å². The zero-order chi connectivity index (χ0) is 45.6. The van der Waals surface area contributed by atoms with Crippen LogP contribution < -0.4 is 4.90 Å². The van der Waals surface area contributed by atoms with Gasteiger partial charge in [0.15, 0.2) is 0 Å². The van der Waals surface area contributed by atoms with Gasteiger partial charge in [-0.2, -0.15) is 0 Å². The van der Waals surface area contributed by atoms with Gasteiger partial charge in [0, 0.05) is 33.1 Å². The molecule has 0 fully saturated rings. The lowest BCUT2D eigenvalue weighted by Gasteiger charge is -2.27. The van der Waals surface area contributed by atoms with Gasteiger partial charge in [-0.25, -0.2) is 0 Å². The van der Waals surface area contributed by atoms with Crippen molar-refractivity contribution < 1.29 is 8.83 Å². The first-order valence-electron chi connectivity index (χ1n) is 23.1. The summed E-state index contributed by atoms with van der Waals surface area (Å²) in [4.78, 5) is 2.37. The van der Waals surface area contributed by atoms with Gasteiger partial charge in [-0.05, 0) is 128 Å². The van der Waals surface area contributed by atoms with Gasteiger partial charge < -0.3 is 13.7 Å². The molecule has 68 heavy (non-hydrogen) atoms. The van der Waals surface area contributed by atoms with Crippen molar-refractivity contribution in [2.45, 2.75) is 6.92 Å². The van der Waals surface area contributed by atoms with Gasteiger partial charge in [0.05, 0.1) is 11.1 Å². The molecule has 2 heterocycles. The summed E-state index contributed by atoms with van der Waals surface area (Å²) in [5, 5.41) is 6.82. The molecule has 0 aliphatic heterocycles. The van der Waals surface area contributed by atoms with Crippen molar-refractivity contribution in [2.75, 3.05) is 4.90 Å². The molecule has 2 aromatic heterocycles. The molecule has 0 saturated heterocycles. The highest BCUT2D eigenvalue weighted by Gasteiger charge is 2.23. The lowest BCUT2D eigenvalue weighted by molar-refractivity contribution is 0.669. The summed E-state index contributed by atoms with van der Waals surface area (Å²) in [6.45, 7) is 6.33. The maximum atomic E-state index is 6.79. The van der Waals surface area contributed by atoms with Crippen molar-refractivity contribution in [3.63, 3.8) is 0 Å². The van der Waals surface area contributed by atoms with Crippen LogP contribution in [0.2, 0.25) is 0 Å². The molecule has 0 aliphatic carbocycles. The van der Waals surface area contributed by atoms with Gasteiger partial charge in [-0.3, -0.25) is 0 Å². The predicted octanol–water partition coefficient (Wildman–Crippen LogP) is 18.8. The predicted molar refractivity (Wildman–Crippen MR) is 288 cm³/mol. The van der Waals surface area contributed by atoms with Crippen molar-refractivity contribution in [3.8, 4) is 33.4 Å². The Kier molecular flexibility index (Phi) is 10.2. The summed E-state index contributed by atoms with van der Waals surface area (Å²) >= 11 is 0. The van der Waals surface area contributed by atoms with Crippen LogP contribution in [0.3, 0.4) is 0 Å². The Morgan fingerprint density at radius 2 is 1.01 bits per heavy atom. The van der Waals surface area contributed by atoms with Gasteiger partial charge in [-0.1, -0.05) is 189 Å². The van der Waals surface area contributed by atoms with E-state index in [9.17, 15) is 0 Å². The first-order chi connectivity index (χ1) is 33.6. The standard InChI is InChI=1S/C65H45NO2/c1-3-44(50-31-30-46-16-7-8-19-49(46)42-50)29-28-43(2)45-32-36-51(37-33-45)66(59-41-40-54(47-17-5-4-6-18-47)65-64(59)58-23-12-14-26-61(58)68-65)52-38-34-48(35-39-52)53-20-9-10-21-55(53)56-24-15-27-62-63(56)57-22-11-13-25-60(57)67-62/h3-42H,1H2,2H3/b43-28+,44-29+. The normalized spacial score (nSPS) is 12.1. The molecule has 0 unspecified atom stereocenters. The van der Waals surface area contributed by atoms with Crippen LogP contribution in [0.15, 0.2) is 258 Å². The minimum Gasteiger partial charge on any atom is -0.456 e. The maximum Gasteiger partial charge on any atom is 0.145 e. The Balaban J connectivity index is 0.973. The first-order valence-corrected chi connectivity index (χ1v) is 23.1. The van der Waals surface area contributed by atoms with Gasteiger partial charge in [-0.15, -0.1) is 0 Å². The topological polar surface area (TPSA) is 29.5 Å². The van der Waals surface area contributed by atoms with E-state index in [0.29, 0.717) is 0 Å². The summed E-state index contributed by atoms with van der Waals surface area (Å²) in [5.74, 6) is 0. The third kappa shape index (κ3) is 7.18. The number of fused-ring (bicyclic) bond motifs is 7. The second kappa shape index (κ2) is 17.1. The molecule has 0 aliphatic rings. The van der Waals surface area contributed by atoms with Crippen molar-refractivity contribution in [2.24, 2.45) is 0 Å². The molecule has 0 spiro atoms. The molecule has 0 N–H and O–H groups in total. The number of furan rings is 2. The Morgan fingerprint density at radius 3 is 1.78 bits per heavy atom. The van der Waals surface area contributed by atoms with E-state index in [-0.39, 0.29) is 0 Å². The third-order valence-electron chi connectivity index (χ3n) is 13.3. The highest BCUT2D eigenvalue weighted by Crippen LogP contribution is 2.47. The molecule has 12 aromatic rings. The molecule has 322 valence electrons. The fraction of sp³-hybridized carbons (Fsp3) is 0.0154. The molecule has 0 bridgehead atoms. The zero-order valence-corrected chi connectivity index (χ0v) is 37.6. The van der Waals surface area contributed by atoms with E-state index in [1.54, 1.807) is 0 Å². The second-order valence-corrected chi connectivity index (χ2v) is 17.3. The number of para-hydroxylation sites is 2. The summed E-state index contributed by atoms with van der Waals surface area (Å²) < 4.78 is 13.1. The summed E-state index contributed by atoms with van der Waals surface area (Å²) in [6, 6.07) is 79.6. The fourth-order valence-electron chi connectivity index (χ4n) is 9.86. The lowest BCUT2D eigenvalue weighted by atomic mass is 9.92. The quantitative estimate of drug-likeness (QED) is 0.128. The number of benzene rings is 10. The average Bonchev–Trinajstić information content (AvgIpc) is 3.99. The minimum atomic E-state index is 0.853. The Morgan fingerprint density at radius 1 is 0.426 bits per heavy atom. The largest absolute Gasteiger partial charge is 0.456 e. The summed E-state index contributed by atoms with van der Waals surface area (Å²) in [6.07, 6.45) is 6.29. The van der Waals surface area contributed by atoms with E-state index in [4.69, 9.17) is 8.83 Å². The van der Waals surface area contributed by atoms with Gasteiger partial charge >= 0.3 is 0 Å². The highest BCUT2D eigenvalue weighted by molar-refractivity contribution is 6.17. The van der Waals surface area contributed by atoms with Crippen LogP contribution in [0, 0.1) is 0 Å². The van der Waals surface area contributed by atoms with Crippen LogP contribution in [0.1, 0.15) is 18.1 Å². The number of hydrogen-bond donors (Lipinski definition) is 0. The highest BCUT2D eigenvalue weighted by atomic mass is 16.3. The number of hydrogen-bond acceptors (Lipinski definition) is 3. The zero-order valence-electron chi connectivity index (χ0n) is 37.6. The van der Waals surface area contributed by atoms with Gasteiger partial charge in [0.2, 0.25) is 0 Å². The van der Waals surface area contributed by atoms with Gasteiger partial charge in [0.1, 0.15) is 22.3 Å². The van der Waals surface area contributed by atoms with Crippen LogP contribution >= 0.6 is 0 Å². The Hall–Kier alpha value is -8.92. The summed E-state index contributed by atoms with van der Waals surface area (Å²) in [7, 11) is 0. The van der Waals surface area contributed by atoms with Crippen LogP contribution in [-0.4, -0.2) is 0 Å². The third-order valence-corrected chi connectivity index (χ3v) is 13.3. The number of allylic oxidation sites excluding steroid dienone is 5. The summed E-state index contributed by atoms with van der Waals surface area (Å²) in [5.41, 5.74) is 17.8. The van der Waals surface area contributed by atoms with E-state index >= 15 is 0 Å². The number of rotatable bonds is 10. The molecular formula is C65H45NO2. The second-order valence-electron chi connectivity index (χ2n) is 17.3. The van der Waals surface area contributed by atoms with Crippen LogP contribution in [-0.2, 0) is 0 Å². The van der Waals surface area contributed by atoms with E-state index in [1.807, 2.05) is 24.3 Å². The van der Waals surface area contributed by atoms with E-state index in [2.05, 4.69) is 237 Å². The monoisotopic (exact) mass is 871 g/mol. The van der Waals surface area contributed by atoms with E-state index in [0.717, 1.165) is 117 Å². The molecule has 3 nitrogen and oxygen atoms in total. The SMILES string of the molecule is C=C/C(=C\C=C(/C)c1ccc(N(c2ccc(-c3ccccc3-c3cccc4oc5ccccc5c34)cc2)c2ccc(-c3ccccc3)c3oc4ccccc4c23)cc1)c1ccc2ccccc2c1. The van der Waals surface area contributed by atoms with E-state index < -0.39 is 0 Å². The molecule has 0 atom stereocenters. The Bertz CT molecular complexity index is 3920. The van der Waals surface area contributed by atoms with Crippen LogP contribution in [0.4, 0.5) is 17.1 Å². The molecule has 10 aromatic carbocycles. The van der Waals surface area contributed by atoms with Crippen molar-refractivity contribution in [3.05, 3.63) is 260 Å². The molecule has 0 saturated carbocycles. The maximum absolute atomic E-state index is 6.79. The molecule has 12 rings (SSSR count). The molecule has 0 radical (unpaired) electrons. The van der Waals surface area contributed by atoms with Crippen molar-refractivity contribution in [1.82, 2.24) is 0 Å². The van der Waals surface area contributed by atoms with E-state index in [1.165, 1.54) is 10.8 Å². The minimum absolute atomic E-state index is 0.853. The van der Waals surface area contributed by atoms with Crippen molar-refractivity contribution >= 4 is 82.9 Å². The fourth-order valence-corrected chi connectivity index (χ4v) is 9.86. The first kappa shape index (κ1) is 40.6. The van der Waals surface area contributed by atoms with Crippen molar-refractivity contribution in [1.29, 1.82) is 0 Å². The lowest BCUT2D eigenvalue weighted by Crippen LogP contribution is -2.10.